The quantitative estimate of drug-likeness (QED) is 0.164. The lowest BCUT2D eigenvalue weighted by molar-refractivity contribution is -0.150. The minimum atomic E-state index is -1.17. The highest BCUT2D eigenvalue weighted by atomic mass is 16.5. The first-order valence-corrected chi connectivity index (χ1v) is 18.4. The Morgan fingerprint density at radius 2 is 1.71 bits per heavy atom. The smallest absolute Gasteiger partial charge is 0.308 e. The summed E-state index contributed by atoms with van der Waals surface area (Å²) in [7, 11) is 0. The molecule has 1 aliphatic carbocycles. The zero-order chi connectivity index (χ0) is 36.2. The van der Waals surface area contributed by atoms with Gasteiger partial charge in [-0.1, -0.05) is 74.6 Å². The van der Waals surface area contributed by atoms with Crippen LogP contribution in [0.25, 0.3) is 10.8 Å². The van der Waals surface area contributed by atoms with Crippen LogP contribution in [0.5, 0.6) is 0 Å². The molecule has 12 heteroatoms. The number of carbonyl (C=O) groups is 4. The van der Waals surface area contributed by atoms with Crippen molar-refractivity contribution in [3.63, 3.8) is 0 Å². The van der Waals surface area contributed by atoms with Gasteiger partial charge in [0.25, 0.3) is 0 Å². The van der Waals surface area contributed by atoms with Crippen molar-refractivity contribution in [2.75, 3.05) is 26.3 Å². The molecule has 3 aromatic rings. The lowest BCUT2D eigenvalue weighted by Crippen LogP contribution is -2.55. The fourth-order valence-corrected chi connectivity index (χ4v) is 7.26. The third kappa shape index (κ3) is 11.4. The third-order valence-corrected chi connectivity index (χ3v) is 9.96. The van der Waals surface area contributed by atoms with Crippen molar-refractivity contribution in [3.8, 4) is 0 Å². The molecule has 1 saturated heterocycles. The number of aliphatic hydroxyl groups is 1. The van der Waals surface area contributed by atoms with Gasteiger partial charge >= 0.3 is 5.97 Å². The maximum Gasteiger partial charge on any atom is 0.308 e. The van der Waals surface area contributed by atoms with E-state index in [0.717, 1.165) is 48.4 Å². The van der Waals surface area contributed by atoms with Crippen LogP contribution in [0.3, 0.4) is 0 Å². The number of amides is 3. The normalized spacial score (nSPS) is 17.8. The zero-order valence-corrected chi connectivity index (χ0v) is 29.9. The number of imidazole rings is 1. The summed E-state index contributed by atoms with van der Waals surface area (Å²) in [6.07, 6.45) is 7.50. The van der Waals surface area contributed by atoms with E-state index in [1.807, 2.05) is 42.5 Å². The number of H-pyrrole nitrogens is 1. The van der Waals surface area contributed by atoms with Crippen molar-refractivity contribution in [2.24, 2.45) is 11.8 Å². The molecule has 1 aromatic heterocycles. The number of esters is 1. The predicted octanol–water partition coefficient (Wildman–Crippen LogP) is 3.86. The Bertz CT molecular complexity index is 1580. The van der Waals surface area contributed by atoms with E-state index in [1.54, 1.807) is 24.9 Å². The van der Waals surface area contributed by atoms with Gasteiger partial charge in [0.15, 0.2) is 0 Å². The molecule has 51 heavy (non-hydrogen) atoms. The molecule has 12 nitrogen and oxygen atoms in total. The number of rotatable bonds is 16. The van der Waals surface area contributed by atoms with Gasteiger partial charge in [-0.2, -0.15) is 0 Å². The number of benzene rings is 2. The topological polar surface area (TPSA) is 163 Å². The highest BCUT2D eigenvalue weighted by Gasteiger charge is 2.34. The number of nitrogens with zero attached hydrogens (tertiary/aromatic N) is 2. The second-order valence-electron chi connectivity index (χ2n) is 14.2. The van der Waals surface area contributed by atoms with Gasteiger partial charge in [0.2, 0.25) is 17.7 Å². The van der Waals surface area contributed by atoms with Gasteiger partial charge < -0.3 is 35.1 Å². The van der Waals surface area contributed by atoms with Crippen LogP contribution in [-0.4, -0.2) is 94.3 Å². The minimum absolute atomic E-state index is 0.0333. The zero-order valence-electron chi connectivity index (χ0n) is 29.9. The Balaban J connectivity index is 1.38. The molecule has 0 spiro atoms. The van der Waals surface area contributed by atoms with Gasteiger partial charge in [0.05, 0.1) is 50.1 Å². The molecule has 5 rings (SSSR count). The van der Waals surface area contributed by atoms with Crippen LogP contribution in [-0.2, 0) is 41.5 Å². The van der Waals surface area contributed by atoms with Crippen LogP contribution in [0.4, 0.5) is 0 Å². The van der Waals surface area contributed by atoms with E-state index >= 15 is 0 Å². The van der Waals surface area contributed by atoms with Gasteiger partial charge in [0, 0.05) is 37.8 Å². The lowest BCUT2D eigenvalue weighted by atomic mass is 9.83. The Morgan fingerprint density at radius 1 is 0.961 bits per heavy atom. The van der Waals surface area contributed by atoms with Crippen LogP contribution in [0.15, 0.2) is 55.0 Å². The van der Waals surface area contributed by atoms with Crippen molar-refractivity contribution in [3.05, 3.63) is 66.2 Å². The molecule has 276 valence electrons. The van der Waals surface area contributed by atoms with Gasteiger partial charge in [-0.05, 0) is 48.9 Å². The van der Waals surface area contributed by atoms with Crippen LogP contribution >= 0.6 is 0 Å². The number of ether oxygens (including phenoxy) is 2. The minimum Gasteiger partial charge on any atom is -0.463 e. The average molecular weight is 704 g/mol. The highest BCUT2D eigenvalue weighted by molar-refractivity contribution is 5.92. The fourth-order valence-electron chi connectivity index (χ4n) is 7.26. The Kier molecular flexibility index (Phi) is 14.0. The highest BCUT2D eigenvalue weighted by Crippen LogP contribution is 2.29. The van der Waals surface area contributed by atoms with Gasteiger partial charge in [0.1, 0.15) is 6.04 Å². The van der Waals surface area contributed by atoms with Gasteiger partial charge in [-0.3, -0.25) is 19.2 Å². The van der Waals surface area contributed by atoms with Crippen molar-refractivity contribution < 1.29 is 33.8 Å². The Morgan fingerprint density at radius 3 is 2.43 bits per heavy atom. The molecule has 0 radical (unpaired) electrons. The van der Waals surface area contributed by atoms with Crippen LogP contribution in [0, 0.1) is 11.8 Å². The summed E-state index contributed by atoms with van der Waals surface area (Å²) in [5.74, 6) is -2.07. The third-order valence-electron chi connectivity index (χ3n) is 9.96. The summed E-state index contributed by atoms with van der Waals surface area (Å²) in [4.78, 5) is 63.4. The number of aromatic amines is 1. The summed E-state index contributed by atoms with van der Waals surface area (Å²) in [6, 6.07) is 12.1. The number of hydrogen-bond donors (Lipinski definition) is 4. The summed E-state index contributed by atoms with van der Waals surface area (Å²) in [5.41, 5.74) is 1.57. The standard InChI is InChI=1S/C39H53N5O7/c1-26(2)51-37(47)23-35(45)33(19-27-9-4-3-5-10-27)42-39(49)34(22-31-24-40-25-41-31)43-38(48)30(21-36(46)44-15-17-50-18-16-44)20-29-13-8-12-28-11-6-7-14-32(28)29/h6-8,11-14,24-27,30,33-35,45H,3-5,9-10,15-23H2,1-2H3,(H,40,41)(H,42,49)(H,43,48)/t30-,33+,34+,35+/m1/s1. The number of aliphatic hydroxyl groups excluding tert-OH is 1. The molecule has 4 N–H and O–H groups in total. The molecule has 2 aliphatic rings. The average Bonchev–Trinajstić information content (AvgIpc) is 3.64. The first-order chi connectivity index (χ1) is 24.7. The second kappa shape index (κ2) is 18.8. The number of fused-ring (bicyclic) bond motifs is 1. The molecule has 3 amide bonds. The number of aromatic nitrogens is 2. The van der Waals surface area contributed by atoms with E-state index in [0.29, 0.717) is 44.8 Å². The van der Waals surface area contributed by atoms with Crippen LogP contribution < -0.4 is 10.6 Å². The number of carbonyl (C=O) groups excluding carboxylic acids is 4. The summed E-state index contributed by atoms with van der Waals surface area (Å²) < 4.78 is 10.7. The molecule has 0 bridgehead atoms. The second-order valence-corrected chi connectivity index (χ2v) is 14.2. The largest absolute Gasteiger partial charge is 0.463 e. The Labute approximate surface area is 300 Å². The monoisotopic (exact) mass is 703 g/mol. The molecule has 4 atom stereocenters. The first-order valence-electron chi connectivity index (χ1n) is 18.4. The van der Waals surface area contributed by atoms with Gasteiger partial charge in [-0.15, -0.1) is 0 Å². The van der Waals surface area contributed by atoms with E-state index in [4.69, 9.17) is 9.47 Å². The number of morpholine rings is 1. The maximum absolute atomic E-state index is 14.3. The van der Waals surface area contributed by atoms with E-state index in [9.17, 15) is 24.3 Å². The van der Waals surface area contributed by atoms with Crippen molar-refractivity contribution in [1.29, 1.82) is 0 Å². The Hall–Kier alpha value is -4.29. The fraction of sp³-hybridized carbons (Fsp3) is 0.564. The van der Waals surface area contributed by atoms with Crippen molar-refractivity contribution >= 4 is 34.5 Å². The van der Waals surface area contributed by atoms with E-state index in [-0.39, 0.29) is 37.2 Å². The van der Waals surface area contributed by atoms with E-state index in [2.05, 4.69) is 20.6 Å². The molecular formula is C39H53N5O7. The summed E-state index contributed by atoms with van der Waals surface area (Å²) in [6.45, 7) is 5.30. The SMILES string of the molecule is CC(C)OC(=O)C[C@H](O)[C@H](CC1CCCCC1)NC(=O)[C@H](Cc1cnc[nH]1)NC(=O)[C@@H](CC(=O)N1CCOCC1)Cc1cccc2ccccc12. The van der Waals surface area contributed by atoms with Crippen molar-refractivity contribution in [1.82, 2.24) is 25.5 Å². The number of nitrogens with one attached hydrogen (secondary N) is 3. The van der Waals surface area contributed by atoms with Crippen LogP contribution in [0.1, 0.15) is 76.5 Å². The molecule has 0 unspecified atom stereocenters. The molecule has 1 aliphatic heterocycles. The van der Waals surface area contributed by atoms with Gasteiger partial charge in [-0.25, -0.2) is 4.98 Å². The number of hydrogen-bond acceptors (Lipinski definition) is 8. The predicted molar refractivity (Wildman–Crippen MR) is 192 cm³/mol. The van der Waals surface area contributed by atoms with Crippen LogP contribution in [0.2, 0.25) is 0 Å². The maximum atomic E-state index is 14.3. The molecule has 1 saturated carbocycles. The molecule has 2 heterocycles. The van der Waals surface area contributed by atoms with E-state index < -0.39 is 41.9 Å². The summed E-state index contributed by atoms with van der Waals surface area (Å²) in [5, 5.41) is 19.3. The molecule has 2 fully saturated rings. The molecular weight excluding hydrogens is 650 g/mol. The van der Waals surface area contributed by atoms with E-state index in [1.165, 1.54) is 6.33 Å². The van der Waals surface area contributed by atoms with Crippen molar-refractivity contribution in [2.45, 2.75) is 102 Å². The lowest BCUT2D eigenvalue weighted by Gasteiger charge is -2.32. The molecule has 2 aromatic carbocycles. The summed E-state index contributed by atoms with van der Waals surface area (Å²) >= 11 is 0. The first kappa shape index (κ1) is 38.0.